The minimum absolute atomic E-state index is 0.389. The van der Waals surface area contributed by atoms with Crippen LogP contribution in [0.4, 0.5) is 28.0 Å². The van der Waals surface area contributed by atoms with E-state index in [1.54, 1.807) is 0 Å². The molecule has 1 rings (SSSR count). The Morgan fingerprint density at radius 2 is 1.95 bits per heavy atom. The summed E-state index contributed by atoms with van der Waals surface area (Å²) in [4.78, 5) is 11.4. The predicted octanol–water partition coefficient (Wildman–Crippen LogP) is 4.16. The van der Waals surface area contributed by atoms with E-state index in [1.807, 2.05) is 6.92 Å². The molecule has 0 aliphatic heterocycles. The molecule has 0 aliphatic carbocycles. The van der Waals surface area contributed by atoms with E-state index in [-0.39, 0.29) is 0 Å². The van der Waals surface area contributed by atoms with E-state index in [2.05, 4.69) is 10.6 Å². The maximum absolute atomic E-state index is 13.4. The van der Waals surface area contributed by atoms with Gasteiger partial charge in [-0.15, -0.1) is 0 Å². The lowest BCUT2D eigenvalue weighted by Gasteiger charge is -2.11. The van der Waals surface area contributed by atoms with Gasteiger partial charge >= 0.3 is 12.2 Å². The molecule has 2 amide bonds. The highest BCUT2D eigenvalue weighted by Gasteiger charge is 2.31. The molecule has 0 radical (unpaired) electrons. The zero-order chi connectivity index (χ0) is 15.2. The third-order valence-corrected chi connectivity index (χ3v) is 2.61. The average Bonchev–Trinajstić information content (AvgIpc) is 2.36. The highest BCUT2D eigenvalue weighted by molar-refractivity contribution is 5.89. The summed E-state index contributed by atoms with van der Waals surface area (Å²) in [6, 6.07) is 1.15. The minimum atomic E-state index is -4.58. The highest BCUT2D eigenvalue weighted by atomic mass is 19.4. The van der Waals surface area contributed by atoms with Gasteiger partial charge in [-0.2, -0.15) is 13.2 Å². The van der Waals surface area contributed by atoms with Crippen LogP contribution < -0.4 is 10.6 Å². The molecule has 2 N–H and O–H groups in total. The topological polar surface area (TPSA) is 41.1 Å². The van der Waals surface area contributed by atoms with Crippen LogP contribution in [0.3, 0.4) is 0 Å². The number of carbonyl (C=O) groups excluding carboxylic acids is 1. The molecule has 1 aromatic rings. The van der Waals surface area contributed by atoms with Gasteiger partial charge in [-0.05, 0) is 24.6 Å². The predicted molar refractivity (Wildman–Crippen MR) is 67.9 cm³/mol. The molecule has 0 bridgehead atoms. The van der Waals surface area contributed by atoms with Crippen LogP contribution in [0.15, 0.2) is 18.2 Å². The van der Waals surface area contributed by atoms with Crippen molar-refractivity contribution in [3.05, 3.63) is 29.6 Å². The normalized spacial score (nSPS) is 11.2. The molecule has 0 heterocycles. The van der Waals surface area contributed by atoms with Crippen molar-refractivity contribution in [2.75, 3.05) is 11.9 Å². The van der Waals surface area contributed by atoms with Crippen LogP contribution >= 0.6 is 0 Å². The van der Waals surface area contributed by atoms with E-state index in [4.69, 9.17) is 0 Å². The van der Waals surface area contributed by atoms with Crippen LogP contribution in [-0.4, -0.2) is 12.6 Å². The van der Waals surface area contributed by atoms with Crippen molar-refractivity contribution < 1.29 is 22.4 Å². The summed E-state index contributed by atoms with van der Waals surface area (Å²) in [5.41, 5.74) is -1.51. The van der Waals surface area contributed by atoms with Crippen LogP contribution in [0.5, 0.6) is 0 Å². The van der Waals surface area contributed by atoms with Gasteiger partial charge in [0.15, 0.2) is 0 Å². The molecule has 0 aliphatic rings. The number of benzene rings is 1. The van der Waals surface area contributed by atoms with Crippen molar-refractivity contribution in [3.8, 4) is 0 Å². The Morgan fingerprint density at radius 3 is 2.55 bits per heavy atom. The first-order valence-electron chi connectivity index (χ1n) is 6.26. The second kappa shape index (κ2) is 7.12. The number of halogens is 4. The van der Waals surface area contributed by atoms with Crippen molar-refractivity contribution in [1.82, 2.24) is 5.32 Å². The molecular weight excluding hydrogens is 276 g/mol. The van der Waals surface area contributed by atoms with Crippen molar-refractivity contribution in [2.24, 2.45) is 0 Å². The lowest BCUT2D eigenvalue weighted by Crippen LogP contribution is -2.30. The summed E-state index contributed by atoms with van der Waals surface area (Å²) < 4.78 is 50.8. The number of urea groups is 1. The third-order valence-electron chi connectivity index (χ3n) is 2.61. The number of hydrogen-bond acceptors (Lipinski definition) is 1. The van der Waals surface area contributed by atoms with Gasteiger partial charge in [-0.3, -0.25) is 0 Å². The van der Waals surface area contributed by atoms with E-state index in [0.29, 0.717) is 24.7 Å². The zero-order valence-electron chi connectivity index (χ0n) is 11.0. The molecule has 7 heteroatoms. The van der Waals surface area contributed by atoms with Crippen LogP contribution in [0, 0.1) is 5.82 Å². The molecule has 0 saturated heterocycles. The van der Waals surface area contributed by atoms with Crippen molar-refractivity contribution in [3.63, 3.8) is 0 Å². The fraction of sp³-hybridized carbons (Fsp3) is 0.462. The summed E-state index contributed by atoms with van der Waals surface area (Å²) in [7, 11) is 0. The fourth-order valence-electron chi connectivity index (χ4n) is 1.54. The Balaban J connectivity index is 2.65. The third kappa shape index (κ3) is 5.07. The second-order valence-corrected chi connectivity index (χ2v) is 4.28. The Kier molecular flexibility index (Phi) is 5.79. The molecule has 20 heavy (non-hydrogen) atoms. The summed E-state index contributed by atoms with van der Waals surface area (Å²) >= 11 is 0. The molecule has 0 aromatic heterocycles. The van der Waals surface area contributed by atoms with Crippen LogP contribution in [0.25, 0.3) is 0 Å². The van der Waals surface area contributed by atoms with Crippen molar-refractivity contribution in [2.45, 2.75) is 32.4 Å². The number of rotatable bonds is 5. The molecular formula is C13H16F4N2O. The van der Waals surface area contributed by atoms with E-state index in [9.17, 15) is 22.4 Å². The lowest BCUT2D eigenvalue weighted by molar-refractivity contribution is -0.137. The number of nitrogens with one attached hydrogen (secondary N) is 2. The lowest BCUT2D eigenvalue weighted by atomic mass is 10.2. The van der Waals surface area contributed by atoms with Gasteiger partial charge in [0, 0.05) is 6.54 Å². The largest absolute Gasteiger partial charge is 0.416 e. The fourth-order valence-corrected chi connectivity index (χ4v) is 1.54. The molecule has 112 valence electrons. The maximum Gasteiger partial charge on any atom is 0.416 e. The summed E-state index contributed by atoms with van der Waals surface area (Å²) in [6.07, 6.45) is -1.92. The number of unbranched alkanes of at least 4 members (excludes halogenated alkanes) is 2. The first-order chi connectivity index (χ1) is 9.34. The second-order valence-electron chi connectivity index (χ2n) is 4.28. The van der Waals surface area contributed by atoms with Gasteiger partial charge in [0.1, 0.15) is 5.82 Å². The van der Waals surface area contributed by atoms with E-state index in [1.165, 1.54) is 0 Å². The van der Waals surface area contributed by atoms with Crippen molar-refractivity contribution in [1.29, 1.82) is 0 Å². The van der Waals surface area contributed by atoms with E-state index >= 15 is 0 Å². The van der Waals surface area contributed by atoms with E-state index < -0.39 is 29.3 Å². The number of anilines is 1. The molecule has 0 saturated carbocycles. The number of amides is 2. The molecule has 0 unspecified atom stereocenters. The number of alkyl halides is 3. The molecule has 1 aromatic carbocycles. The highest BCUT2D eigenvalue weighted by Crippen LogP contribution is 2.31. The summed E-state index contributed by atoms with van der Waals surface area (Å²) in [6.45, 7) is 2.39. The maximum atomic E-state index is 13.4. The van der Waals surface area contributed by atoms with E-state index in [0.717, 1.165) is 19.3 Å². The van der Waals surface area contributed by atoms with Crippen molar-refractivity contribution >= 4 is 11.7 Å². The Bertz CT molecular complexity index is 460. The molecule has 0 fully saturated rings. The van der Waals surface area contributed by atoms with Gasteiger partial charge in [0.05, 0.1) is 11.3 Å². The Morgan fingerprint density at radius 1 is 1.25 bits per heavy atom. The minimum Gasteiger partial charge on any atom is -0.338 e. The molecule has 0 atom stereocenters. The smallest absolute Gasteiger partial charge is 0.338 e. The average molecular weight is 292 g/mol. The number of carbonyl (C=O) groups is 1. The Labute approximate surface area is 114 Å². The van der Waals surface area contributed by atoms with Gasteiger partial charge in [-0.25, -0.2) is 9.18 Å². The van der Waals surface area contributed by atoms with Gasteiger partial charge in [-0.1, -0.05) is 19.8 Å². The van der Waals surface area contributed by atoms with Gasteiger partial charge in [0.2, 0.25) is 0 Å². The van der Waals surface area contributed by atoms with Gasteiger partial charge < -0.3 is 10.6 Å². The molecule has 3 nitrogen and oxygen atoms in total. The standard InChI is InChI=1S/C13H16F4N2O/c1-2-3-4-7-18-12(20)19-11-8-9(13(15,16)17)5-6-10(11)14/h5-6,8H,2-4,7H2,1H3,(H2,18,19,20). The SMILES string of the molecule is CCCCCNC(=O)Nc1cc(C(F)(F)F)ccc1F. The molecule has 0 spiro atoms. The van der Waals surface area contributed by atoms with Crippen LogP contribution in [-0.2, 0) is 6.18 Å². The van der Waals surface area contributed by atoms with Crippen LogP contribution in [0.1, 0.15) is 31.7 Å². The summed E-state index contributed by atoms with van der Waals surface area (Å²) in [5, 5.41) is 4.53. The monoisotopic (exact) mass is 292 g/mol. The van der Waals surface area contributed by atoms with Crippen LogP contribution in [0.2, 0.25) is 0 Å². The Hall–Kier alpha value is -1.79. The first-order valence-corrected chi connectivity index (χ1v) is 6.26. The van der Waals surface area contributed by atoms with Gasteiger partial charge in [0.25, 0.3) is 0 Å². The number of hydrogen-bond donors (Lipinski definition) is 2. The quantitative estimate of drug-likeness (QED) is 0.621. The summed E-state index contributed by atoms with van der Waals surface area (Å²) in [5.74, 6) is -0.915. The first kappa shape index (κ1) is 16.3. The zero-order valence-corrected chi connectivity index (χ0v) is 11.0.